The predicted molar refractivity (Wildman–Crippen MR) is 153 cm³/mol. The number of benzene rings is 2. The highest BCUT2D eigenvalue weighted by atomic mass is 16.7. The zero-order chi connectivity index (χ0) is 28.2. The molecule has 0 bridgehead atoms. The number of ether oxygens (including phenoxy) is 2. The second-order valence-corrected chi connectivity index (χ2v) is 10.2. The van der Waals surface area contributed by atoms with E-state index in [1.807, 2.05) is 21.9 Å². The Labute approximate surface area is 238 Å². The molecule has 6 rings (SSSR count). The summed E-state index contributed by atoms with van der Waals surface area (Å²) in [7, 11) is 0. The minimum atomic E-state index is -0.320. The van der Waals surface area contributed by atoms with E-state index in [0.717, 1.165) is 25.2 Å². The van der Waals surface area contributed by atoms with Gasteiger partial charge in [-0.3, -0.25) is 19.4 Å². The van der Waals surface area contributed by atoms with Crippen molar-refractivity contribution in [2.24, 2.45) is 0 Å². The summed E-state index contributed by atoms with van der Waals surface area (Å²) >= 11 is 0. The third kappa shape index (κ3) is 5.80. The first-order chi connectivity index (χ1) is 20.1. The van der Waals surface area contributed by atoms with Crippen LogP contribution in [0.4, 0.5) is 11.4 Å². The normalized spacial score (nSPS) is 16.7. The molecule has 0 atom stereocenters. The highest BCUT2D eigenvalue weighted by Crippen LogP contribution is 2.34. The van der Waals surface area contributed by atoms with Crippen LogP contribution in [-0.2, 0) is 0 Å². The molecule has 3 aromatic rings. The van der Waals surface area contributed by atoms with Gasteiger partial charge in [-0.2, -0.15) is 0 Å². The molecule has 1 aromatic heterocycles. The first-order valence-corrected chi connectivity index (χ1v) is 13.9. The number of amides is 3. The van der Waals surface area contributed by atoms with E-state index >= 15 is 0 Å². The van der Waals surface area contributed by atoms with Crippen LogP contribution in [0.15, 0.2) is 60.9 Å². The standard InChI is InChI=1S/C30H32N6O5/c37-28(22-3-5-26-27(19-22)41-20-40-26)33-24-18-23(30(39)35-12-1-8-31-11-13-35)2-4-25(24)34-14-16-36(17-15-34)29(38)21-6-9-32-10-7-21/h2-7,9-10,18-19,31H,1,8,11-17,20H2,(H,33,37). The van der Waals surface area contributed by atoms with Crippen molar-refractivity contribution in [3.63, 3.8) is 0 Å². The molecule has 3 amide bonds. The van der Waals surface area contributed by atoms with Crippen LogP contribution in [0, 0.1) is 0 Å². The molecule has 2 N–H and O–H groups in total. The molecule has 2 saturated heterocycles. The van der Waals surface area contributed by atoms with Gasteiger partial charge in [-0.1, -0.05) is 0 Å². The highest BCUT2D eigenvalue weighted by Gasteiger charge is 2.26. The molecule has 0 radical (unpaired) electrons. The second kappa shape index (κ2) is 11.8. The molecule has 0 saturated carbocycles. The molecular formula is C30H32N6O5. The van der Waals surface area contributed by atoms with Crippen molar-refractivity contribution in [2.75, 3.05) is 69.4 Å². The Morgan fingerprint density at radius 2 is 1.46 bits per heavy atom. The summed E-state index contributed by atoms with van der Waals surface area (Å²) in [5.74, 6) is 0.704. The third-order valence-electron chi connectivity index (χ3n) is 7.59. The summed E-state index contributed by atoms with van der Waals surface area (Å²) < 4.78 is 10.8. The summed E-state index contributed by atoms with van der Waals surface area (Å²) in [6.07, 6.45) is 4.12. The molecule has 0 unspecified atom stereocenters. The predicted octanol–water partition coefficient (Wildman–Crippen LogP) is 2.46. The number of hydrogen-bond acceptors (Lipinski definition) is 8. The SMILES string of the molecule is O=C(Nc1cc(C(=O)N2CCCNCC2)ccc1N1CCN(C(=O)c2ccncc2)CC1)c1ccc2c(c1)OCO2. The first-order valence-electron chi connectivity index (χ1n) is 13.9. The number of anilines is 2. The van der Waals surface area contributed by atoms with Gasteiger partial charge in [0.1, 0.15) is 0 Å². The number of nitrogens with one attached hydrogen (secondary N) is 2. The Bertz CT molecular complexity index is 1430. The number of rotatable bonds is 5. The van der Waals surface area contributed by atoms with E-state index in [4.69, 9.17) is 9.47 Å². The number of nitrogens with zero attached hydrogens (tertiary/aromatic N) is 4. The van der Waals surface area contributed by atoms with Crippen molar-refractivity contribution in [3.8, 4) is 11.5 Å². The molecule has 0 aliphatic carbocycles. The van der Waals surface area contributed by atoms with E-state index in [1.54, 1.807) is 48.8 Å². The molecule has 2 aromatic carbocycles. The average molecular weight is 557 g/mol. The van der Waals surface area contributed by atoms with Crippen LogP contribution in [0.25, 0.3) is 0 Å². The maximum Gasteiger partial charge on any atom is 0.255 e. The van der Waals surface area contributed by atoms with Crippen molar-refractivity contribution in [2.45, 2.75) is 6.42 Å². The Hall–Kier alpha value is -4.64. The number of hydrogen-bond donors (Lipinski definition) is 2. The minimum Gasteiger partial charge on any atom is -0.454 e. The van der Waals surface area contributed by atoms with Crippen LogP contribution >= 0.6 is 0 Å². The molecular weight excluding hydrogens is 524 g/mol. The monoisotopic (exact) mass is 556 g/mol. The molecule has 2 fully saturated rings. The number of carbonyl (C=O) groups excluding carboxylic acids is 3. The lowest BCUT2D eigenvalue weighted by molar-refractivity contribution is 0.0743. The van der Waals surface area contributed by atoms with Crippen molar-refractivity contribution in [1.82, 2.24) is 20.1 Å². The zero-order valence-corrected chi connectivity index (χ0v) is 22.7. The summed E-state index contributed by atoms with van der Waals surface area (Å²) in [5, 5.41) is 6.36. The summed E-state index contributed by atoms with van der Waals surface area (Å²) in [5.41, 5.74) is 2.88. The summed E-state index contributed by atoms with van der Waals surface area (Å²) in [6, 6.07) is 14.0. The van der Waals surface area contributed by atoms with E-state index < -0.39 is 0 Å². The van der Waals surface area contributed by atoms with E-state index in [1.165, 1.54) is 0 Å². The number of carbonyl (C=O) groups is 3. The van der Waals surface area contributed by atoms with Gasteiger partial charge in [-0.25, -0.2) is 0 Å². The van der Waals surface area contributed by atoms with Crippen molar-refractivity contribution in [3.05, 3.63) is 77.6 Å². The number of aromatic nitrogens is 1. The topological polar surface area (TPSA) is 116 Å². The van der Waals surface area contributed by atoms with E-state index in [0.29, 0.717) is 73.1 Å². The molecule has 3 aliphatic rings. The second-order valence-electron chi connectivity index (χ2n) is 10.2. The van der Waals surface area contributed by atoms with Gasteiger partial charge < -0.3 is 34.8 Å². The molecule has 4 heterocycles. The Morgan fingerprint density at radius 1 is 0.732 bits per heavy atom. The maximum absolute atomic E-state index is 13.4. The molecule has 212 valence electrons. The van der Waals surface area contributed by atoms with Gasteiger partial charge in [0, 0.05) is 74.9 Å². The highest BCUT2D eigenvalue weighted by molar-refractivity contribution is 6.07. The fraction of sp³-hybridized carbons (Fsp3) is 0.333. The van der Waals surface area contributed by atoms with Crippen molar-refractivity contribution in [1.29, 1.82) is 0 Å². The van der Waals surface area contributed by atoms with Crippen molar-refractivity contribution >= 4 is 29.1 Å². The number of fused-ring (bicyclic) bond motifs is 1. The van der Waals surface area contributed by atoms with Crippen LogP contribution in [-0.4, -0.2) is 91.7 Å². The average Bonchev–Trinajstić information content (AvgIpc) is 3.33. The fourth-order valence-corrected chi connectivity index (χ4v) is 5.34. The molecule has 11 nitrogen and oxygen atoms in total. The van der Waals surface area contributed by atoms with Gasteiger partial charge in [0.25, 0.3) is 17.7 Å². The van der Waals surface area contributed by atoms with Gasteiger partial charge in [-0.15, -0.1) is 0 Å². The van der Waals surface area contributed by atoms with Gasteiger partial charge in [-0.05, 0) is 61.5 Å². The Kier molecular flexibility index (Phi) is 7.68. The van der Waals surface area contributed by atoms with E-state index in [9.17, 15) is 14.4 Å². The van der Waals surface area contributed by atoms with Gasteiger partial charge in [0.2, 0.25) is 6.79 Å². The van der Waals surface area contributed by atoms with Gasteiger partial charge >= 0.3 is 0 Å². The lowest BCUT2D eigenvalue weighted by Crippen LogP contribution is -2.49. The van der Waals surface area contributed by atoms with E-state index in [-0.39, 0.29) is 24.5 Å². The van der Waals surface area contributed by atoms with E-state index in [2.05, 4.69) is 20.5 Å². The maximum atomic E-state index is 13.4. The van der Waals surface area contributed by atoms with Gasteiger partial charge in [0.15, 0.2) is 11.5 Å². The zero-order valence-electron chi connectivity index (χ0n) is 22.7. The smallest absolute Gasteiger partial charge is 0.255 e. The number of piperazine rings is 1. The van der Waals surface area contributed by atoms with Gasteiger partial charge in [0.05, 0.1) is 11.4 Å². The Balaban J connectivity index is 1.24. The summed E-state index contributed by atoms with van der Waals surface area (Å²) in [4.78, 5) is 49.6. The number of pyridine rings is 1. The first kappa shape index (κ1) is 26.6. The molecule has 41 heavy (non-hydrogen) atoms. The largest absolute Gasteiger partial charge is 0.454 e. The summed E-state index contributed by atoms with van der Waals surface area (Å²) in [6.45, 7) is 5.28. The lowest BCUT2D eigenvalue weighted by atomic mass is 10.1. The van der Waals surface area contributed by atoms with Crippen LogP contribution in [0.5, 0.6) is 11.5 Å². The van der Waals surface area contributed by atoms with Crippen LogP contribution < -0.4 is 25.0 Å². The quantitative estimate of drug-likeness (QED) is 0.493. The molecule has 11 heteroatoms. The lowest BCUT2D eigenvalue weighted by Gasteiger charge is -2.37. The molecule has 3 aliphatic heterocycles. The van der Waals surface area contributed by atoms with Crippen molar-refractivity contribution < 1.29 is 23.9 Å². The Morgan fingerprint density at radius 3 is 2.29 bits per heavy atom. The van der Waals surface area contributed by atoms with Crippen LogP contribution in [0.1, 0.15) is 37.5 Å². The third-order valence-corrected chi connectivity index (χ3v) is 7.59. The van der Waals surface area contributed by atoms with Crippen LogP contribution in [0.2, 0.25) is 0 Å². The fourth-order valence-electron chi connectivity index (χ4n) is 5.34. The molecule has 0 spiro atoms. The minimum absolute atomic E-state index is 0.0312. The van der Waals surface area contributed by atoms with Crippen LogP contribution in [0.3, 0.4) is 0 Å².